The largest absolute Gasteiger partial charge is 0.493 e. The molecule has 7 heteroatoms. The van der Waals surface area contributed by atoms with Gasteiger partial charge in [0.05, 0.1) is 36.7 Å². The zero-order valence-electron chi connectivity index (χ0n) is 9.50. The summed E-state index contributed by atoms with van der Waals surface area (Å²) < 4.78 is 10.1. The van der Waals surface area contributed by atoms with Crippen LogP contribution >= 0.6 is 11.8 Å². The van der Waals surface area contributed by atoms with Crippen LogP contribution in [-0.4, -0.2) is 36.6 Å². The smallest absolute Gasteiger partial charge is 0.286 e. The predicted molar refractivity (Wildman–Crippen MR) is 64.0 cm³/mol. The summed E-state index contributed by atoms with van der Waals surface area (Å²) in [5.41, 5.74) is -0.0545. The molecule has 0 aliphatic heterocycles. The number of nitro groups is 1. The second-order valence-corrected chi connectivity index (χ2v) is 4.14. The third kappa shape index (κ3) is 3.24. The van der Waals surface area contributed by atoms with Gasteiger partial charge >= 0.3 is 0 Å². The summed E-state index contributed by atoms with van der Waals surface area (Å²) in [6.45, 7) is -0.0455. The Morgan fingerprint density at radius 1 is 1.35 bits per heavy atom. The second kappa shape index (κ2) is 6.31. The van der Waals surface area contributed by atoms with Crippen molar-refractivity contribution >= 4 is 17.4 Å². The van der Waals surface area contributed by atoms with Crippen LogP contribution in [0, 0.1) is 10.1 Å². The van der Waals surface area contributed by atoms with E-state index in [0.29, 0.717) is 22.1 Å². The quantitative estimate of drug-likeness (QED) is 0.475. The van der Waals surface area contributed by atoms with Crippen molar-refractivity contribution in [3.63, 3.8) is 0 Å². The van der Waals surface area contributed by atoms with Gasteiger partial charge in [-0.15, -0.1) is 11.8 Å². The van der Waals surface area contributed by atoms with Gasteiger partial charge in [-0.25, -0.2) is 0 Å². The number of benzene rings is 1. The Morgan fingerprint density at radius 2 is 1.94 bits per heavy atom. The fraction of sp³-hybridized carbons (Fsp3) is 0.400. The molecule has 0 bridgehead atoms. The van der Waals surface area contributed by atoms with E-state index in [0.717, 1.165) is 0 Å². The monoisotopic (exact) mass is 259 g/mol. The van der Waals surface area contributed by atoms with Gasteiger partial charge in [0.15, 0.2) is 11.5 Å². The Bertz CT molecular complexity index is 410. The molecule has 1 aromatic carbocycles. The van der Waals surface area contributed by atoms with Crippen LogP contribution < -0.4 is 9.47 Å². The maximum atomic E-state index is 10.9. The summed E-state index contributed by atoms with van der Waals surface area (Å²) in [5.74, 6) is 1.13. The van der Waals surface area contributed by atoms with E-state index in [2.05, 4.69) is 0 Å². The van der Waals surface area contributed by atoms with Crippen LogP contribution in [0.15, 0.2) is 17.0 Å². The Hall–Kier alpha value is -1.47. The maximum Gasteiger partial charge on any atom is 0.286 e. The number of methoxy groups -OCH3 is 2. The number of thioether (sulfide) groups is 1. The minimum Gasteiger partial charge on any atom is -0.493 e. The highest BCUT2D eigenvalue weighted by Gasteiger charge is 2.19. The lowest BCUT2D eigenvalue weighted by atomic mass is 10.3. The van der Waals surface area contributed by atoms with Gasteiger partial charge in [-0.05, 0) is 0 Å². The van der Waals surface area contributed by atoms with E-state index in [1.165, 1.54) is 38.1 Å². The molecule has 0 unspecified atom stereocenters. The lowest BCUT2D eigenvalue weighted by molar-refractivity contribution is -0.387. The van der Waals surface area contributed by atoms with E-state index >= 15 is 0 Å². The van der Waals surface area contributed by atoms with Gasteiger partial charge in [0.2, 0.25) is 0 Å². The number of nitro benzene ring substituents is 1. The number of ether oxygens (including phenoxy) is 2. The van der Waals surface area contributed by atoms with Crippen molar-refractivity contribution in [3.8, 4) is 11.5 Å². The molecule has 0 saturated carbocycles. The van der Waals surface area contributed by atoms with Gasteiger partial charge < -0.3 is 14.6 Å². The van der Waals surface area contributed by atoms with E-state index < -0.39 is 4.92 Å². The molecule has 1 rings (SSSR count). The summed E-state index contributed by atoms with van der Waals surface area (Å²) in [4.78, 5) is 10.8. The molecule has 0 heterocycles. The molecule has 0 aliphatic carbocycles. The minimum atomic E-state index is -0.484. The van der Waals surface area contributed by atoms with Crippen molar-refractivity contribution in [1.82, 2.24) is 0 Å². The Labute approximate surface area is 103 Å². The molecule has 0 aromatic heterocycles. The molecule has 0 aliphatic rings. The zero-order chi connectivity index (χ0) is 12.8. The van der Waals surface area contributed by atoms with Crippen LogP contribution in [0.2, 0.25) is 0 Å². The summed E-state index contributed by atoms with van der Waals surface area (Å²) in [6, 6.07) is 2.86. The highest BCUT2D eigenvalue weighted by atomic mass is 32.2. The first kappa shape index (κ1) is 13.6. The Balaban J connectivity index is 3.19. The number of nitrogens with zero attached hydrogens (tertiary/aromatic N) is 1. The number of aliphatic hydroxyl groups excluding tert-OH is 1. The van der Waals surface area contributed by atoms with Crippen molar-refractivity contribution in [3.05, 3.63) is 22.2 Å². The normalized spacial score (nSPS) is 10.1. The minimum absolute atomic E-state index is 0.0455. The van der Waals surface area contributed by atoms with Crippen molar-refractivity contribution in [2.24, 2.45) is 0 Å². The van der Waals surface area contributed by atoms with Gasteiger partial charge in [-0.3, -0.25) is 10.1 Å². The second-order valence-electron chi connectivity index (χ2n) is 3.00. The van der Waals surface area contributed by atoms with E-state index in [1.807, 2.05) is 0 Å². The van der Waals surface area contributed by atoms with Crippen LogP contribution in [0.25, 0.3) is 0 Å². The van der Waals surface area contributed by atoms with E-state index in [4.69, 9.17) is 14.6 Å². The van der Waals surface area contributed by atoms with Crippen LogP contribution in [0.5, 0.6) is 11.5 Å². The molecule has 0 atom stereocenters. The molecule has 6 nitrogen and oxygen atoms in total. The van der Waals surface area contributed by atoms with E-state index in [1.54, 1.807) is 0 Å². The summed E-state index contributed by atoms with van der Waals surface area (Å²) in [5, 5.41) is 19.6. The molecule has 0 fully saturated rings. The van der Waals surface area contributed by atoms with Crippen molar-refractivity contribution in [2.75, 3.05) is 26.6 Å². The molecule has 1 N–H and O–H groups in total. The first-order valence-electron chi connectivity index (χ1n) is 4.78. The van der Waals surface area contributed by atoms with Crippen LogP contribution in [-0.2, 0) is 0 Å². The molecule has 0 amide bonds. The summed E-state index contributed by atoms with van der Waals surface area (Å²) in [7, 11) is 2.88. The fourth-order valence-corrected chi connectivity index (χ4v) is 2.05. The average molecular weight is 259 g/mol. The van der Waals surface area contributed by atoms with E-state index in [-0.39, 0.29) is 12.3 Å². The first-order valence-corrected chi connectivity index (χ1v) is 5.76. The lowest BCUT2D eigenvalue weighted by Gasteiger charge is -2.09. The number of hydrogen-bond donors (Lipinski definition) is 1. The van der Waals surface area contributed by atoms with Crippen LogP contribution in [0.1, 0.15) is 0 Å². The molecule has 1 aromatic rings. The SMILES string of the molecule is COc1cc(SCCO)c([N+](=O)[O-])cc1OC. The topological polar surface area (TPSA) is 81.8 Å². The molecule has 0 spiro atoms. The standard InChI is InChI=1S/C10H13NO5S/c1-15-8-5-7(11(13)14)10(17-4-3-12)6-9(8)16-2/h5-6,12H,3-4H2,1-2H3. The third-order valence-corrected chi connectivity index (χ3v) is 3.04. The Morgan fingerprint density at radius 3 is 2.41 bits per heavy atom. The lowest BCUT2D eigenvalue weighted by Crippen LogP contribution is -1.97. The summed E-state index contributed by atoms with van der Waals surface area (Å²) >= 11 is 1.20. The maximum absolute atomic E-state index is 10.9. The highest BCUT2D eigenvalue weighted by Crippen LogP contribution is 2.39. The van der Waals surface area contributed by atoms with Crippen LogP contribution in [0.3, 0.4) is 0 Å². The van der Waals surface area contributed by atoms with Crippen LogP contribution in [0.4, 0.5) is 5.69 Å². The first-order chi connectivity index (χ1) is 8.13. The molecule has 94 valence electrons. The summed E-state index contributed by atoms with van der Waals surface area (Å²) in [6.07, 6.45) is 0. The molecule has 0 radical (unpaired) electrons. The highest BCUT2D eigenvalue weighted by molar-refractivity contribution is 7.99. The van der Waals surface area contributed by atoms with Crippen molar-refractivity contribution in [1.29, 1.82) is 0 Å². The average Bonchev–Trinajstić information content (AvgIpc) is 2.34. The molecule has 17 heavy (non-hydrogen) atoms. The van der Waals surface area contributed by atoms with Gasteiger partial charge in [0.1, 0.15) is 0 Å². The van der Waals surface area contributed by atoms with Gasteiger partial charge in [0.25, 0.3) is 5.69 Å². The zero-order valence-corrected chi connectivity index (χ0v) is 10.3. The predicted octanol–water partition coefficient (Wildman–Crippen LogP) is 1.70. The fourth-order valence-electron chi connectivity index (χ4n) is 1.26. The third-order valence-electron chi connectivity index (χ3n) is 2.01. The number of rotatable bonds is 6. The number of aliphatic hydroxyl groups is 1. The van der Waals surface area contributed by atoms with Gasteiger partial charge in [-0.1, -0.05) is 0 Å². The molecule has 0 saturated heterocycles. The van der Waals surface area contributed by atoms with Crippen molar-refractivity contribution in [2.45, 2.75) is 4.90 Å². The van der Waals surface area contributed by atoms with Gasteiger partial charge in [0, 0.05) is 11.8 Å². The Kier molecular flexibility index (Phi) is 5.05. The molecular formula is C10H13NO5S. The molecular weight excluding hydrogens is 246 g/mol. The van der Waals surface area contributed by atoms with Crippen molar-refractivity contribution < 1.29 is 19.5 Å². The van der Waals surface area contributed by atoms with Gasteiger partial charge in [-0.2, -0.15) is 0 Å². The number of hydrogen-bond acceptors (Lipinski definition) is 6. The van der Waals surface area contributed by atoms with E-state index in [9.17, 15) is 10.1 Å².